The number of benzene rings is 2. The SMILES string of the molecule is CC(C)(C)OC(=O)N1CCO[C@@H](c2ccc(NC(=O)c3cc(CCc4cccc(OC(F)F)c4)[nH]n3)cc2)C1. The van der Waals surface area contributed by atoms with Crippen LogP contribution >= 0.6 is 0 Å². The van der Waals surface area contributed by atoms with E-state index in [0.717, 1.165) is 16.8 Å². The first-order valence-electron chi connectivity index (χ1n) is 12.6. The van der Waals surface area contributed by atoms with Gasteiger partial charge in [-0.3, -0.25) is 9.89 Å². The molecule has 2 N–H and O–H groups in total. The van der Waals surface area contributed by atoms with E-state index in [0.29, 0.717) is 38.2 Å². The van der Waals surface area contributed by atoms with Crippen LogP contribution in [0, 0.1) is 0 Å². The number of nitrogens with zero attached hydrogens (tertiary/aromatic N) is 2. The number of carbonyl (C=O) groups excluding carboxylic acids is 2. The van der Waals surface area contributed by atoms with Gasteiger partial charge in [-0.15, -0.1) is 0 Å². The standard InChI is InChI=1S/C28H32F2N4O5/c1-28(2,3)39-27(36)34-13-14-37-24(17-34)19-8-11-20(12-9-19)31-25(35)23-16-21(32-33-23)10-7-18-5-4-6-22(15-18)38-26(29)30/h4-6,8-9,11-12,15-16,24,26H,7,10,13-14,17H2,1-3H3,(H,31,35)(H,32,33)/t24-/m1/s1. The first-order valence-corrected chi connectivity index (χ1v) is 12.6. The van der Waals surface area contributed by atoms with E-state index in [1.54, 1.807) is 35.2 Å². The molecule has 1 aromatic heterocycles. The van der Waals surface area contributed by atoms with Crippen molar-refractivity contribution in [3.63, 3.8) is 0 Å². The molecular formula is C28H32F2N4O5. The lowest BCUT2D eigenvalue weighted by molar-refractivity contribution is -0.0499. The number of amides is 2. The second-order valence-corrected chi connectivity index (χ2v) is 10.2. The number of hydrogen-bond acceptors (Lipinski definition) is 6. The van der Waals surface area contributed by atoms with Gasteiger partial charge in [-0.2, -0.15) is 13.9 Å². The summed E-state index contributed by atoms with van der Waals surface area (Å²) >= 11 is 0. The minimum Gasteiger partial charge on any atom is -0.444 e. The molecule has 2 amide bonds. The van der Waals surface area contributed by atoms with Gasteiger partial charge in [-0.25, -0.2) is 4.79 Å². The molecule has 208 valence electrons. The summed E-state index contributed by atoms with van der Waals surface area (Å²) in [4.78, 5) is 26.8. The fourth-order valence-corrected chi connectivity index (χ4v) is 4.08. The highest BCUT2D eigenvalue weighted by Gasteiger charge is 2.29. The fraction of sp³-hybridized carbons (Fsp3) is 0.393. The van der Waals surface area contributed by atoms with Gasteiger partial charge in [-0.1, -0.05) is 24.3 Å². The number of hydrogen-bond donors (Lipinski definition) is 2. The molecule has 39 heavy (non-hydrogen) atoms. The van der Waals surface area contributed by atoms with E-state index in [2.05, 4.69) is 20.3 Å². The molecular weight excluding hydrogens is 510 g/mol. The zero-order chi connectivity index (χ0) is 28.0. The fourth-order valence-electron chi connectivity index (χ4n) is 4.08. The number of aromatic amines is 1. The maximum Gasteiger partial charge on any atom is 0.410 e. The Kier molecular flexibility index (Phi) is 8.80. The van der Waals surface area contributed by atoms with Crippen LogP contribution in [0.15, 0.2) is 54.6 Å². The van der Waals surface area contributed by atoms with Crippen molar-refractivity contribution >= 4 is 17.7 Å². The lowest BCUT2D eigenvalue weighted by Gasteiger charge is -2.34. The van der Waals surface area contributed by atoms with Gasteiger partial charge in [0.15, 0.2) is 5.69 Å². The average Bonchev–Trinajstić information content (AvgIpc) is 3.36. The normalized spacial score (nSPS) is 15.7. The quantitative estimate of drug-likeness (QED) is 0.397. The van der Waals surface area contributed by atoms with Crippen LogP contribution in [0.4, 0.5) is 19.3 Å². The Balaban J connectivity index is 1.29. The summed E-state index contributed by atoms with van der Waals surface area (Å²) in [5, 5.41) is 9.76. The first kappa shape index (κ1) is 28.0. The number of halogens is 2. The van der Waals surface area contributed by atoms with E-state index in [1.165, 1.54) is 6.07 Å². The highest BCUT2D eigenvalue weighted by Crippen LogP contribution is 2.25. The molecule has 2 aromatic carbocycles. The van der Waals surface area contributed by atoms with E-state index < -0.39 is 12.2 Å². The number of carbonyl (C=O) groups is 2. The minimum absolute atomic E-state index is 0.105. The van der Waals surface area contributed by atoms with Crippen LogP contribution in [0.2, 0.25) is 0 Å². The summed E-state index contributed by atoms with van der Waals surface area (Å²) < 4.78 is 40.6. The Morgan fingerprint density at radius 2 is 1.92 bits per heavy atom. The number of ether oxygens (including phenoxy) is 3. The van der Waals surface area contributed by atoms with E-state index >= 15 is 0 Å². The van der Waals surface area contributed by atoms with Gasteiger partial charge >= 0.3 is 12.7 Å². The third-order valence-corrected chi connectivity index (χ3v) is 5.93. The monoisotopic (exact) mass is 542 g/mol. The summed E-state index contributed by atoms with van der Waals surface area (Å²) in [6.07, 6.45) is 0.425. The predicted octanol–water partition coefficient (Wildman–Crippen LogP) is 5.36. The lowest BCUT2D eigenvalue weighted by atomic mass is 10.1. The van der Waals surface area contributed by atoms with E-state index in [9.17, 15) is 18.4 Å². The third kappa shape index (κ3) is 8.25. The van der Waals surface area contributed by atoms with Crippen molar-refractivity contribution in [2.24, 2.45) is 0 Å². The van der Waals surface area contributed by atoms with Gasteiger partial charge in [-0.05, 0) is 75.1 Å². The van der Waals surface area contributed by atoms with E-state index in [4.69, 9.17) is 9.47 Å². The van der Waals surface area contributed by atoms with Crippen molar-refractivity contribution < 1.29 is 32.6 Å². The molecule has 1 aliphatic heterocycles. The Hall–Kier alpha value is -3.99. The number of rotatable bonds is 8. The summed E-state index contributed by atoms with van der Waals surface area (Å²) in [5.41, 5.74) is 2.69. The number of H-pyrrole nitrogens is 1. The largest absolute Gasteiger partial charge is 0.444 e. The van der Waals surface area contributed by atoms with Crippen LogP contribution in [0.5, 0.6) is 5.75 Å². The van der Waals surface area contributed by atoms with Crippen molar-refractivity contribution in [2.45, 2.75) is 51.9 Å². The zero-order valence-electron chi connectivity index (χ0n) is 22.1. The van der Waals surface area contributed by atoms with Gasteiger partial charge in [0.05, 0.1) is 13.2 Å². The van der Waals surface area contributed by atoms with E-state index in [1.807, 2.05) is 39.0 Å². The molecule has 1 aliphatic rings. The van der Waals surface area contributed by atoms with Crippen LogP contribution < -0.4 is 10.1 Å². The van der Waals surface area contributed by atoms with Gasteiger partial charge in [0.25, 0.3) is 5.91 Å². The number of nitrogens with one attached hydrogen (secondary N) is 2. The maximum atomic E-state index is 12.7. The number of aryl methyl sites for hydroxylation is 2. The van der Waals surface area contributed by atoms with Crippen LogP contribution in [-0.2, 0) is 22.3 Å². The first-order chi connectivity index (χ1) is 18.6. The van der Waals surface area contributed by atoms with Gasteiger partial charge < -0.3 is 24.4 Å². The summed E-state index contributed by atoms with van der Waals surface area (Å²) in [6, 6.07) is 15.4. The molecule has 4 rings (SSSR count). The molecule has 3 aromatic rings. The lowest BCUT2D eigenvalue weighted by Crippen LogP contribution is -2.44. The van der Waals surface area contributed by atoms with Crippen LogP contribution in [0.25, 0.3) is 0 Å². The Bertz CT molecular complexity index is 1270. The second-order valence-electron chi connectivity index (χ2n) is 10.2. The summed E-state index contributed by atoms with van der Waals surface area (Å²) in [6.45, 7) is 3.85. The highest BCUT2D eigenvalue weighted by atomic mass is 19.3. The third-order valence-electron chi connectivity index (χ3n) is 5.93. The molecule has 1 fully saturated rings. The van der Waals surface area contributed by atoms with Crippen molar-refractivity contribution in [3.05, 3.63) is 77.1 Å². The minimum atomic E-state index is -2.87. The molecule has 0 aliphatic carbocycles. The molecule has 0 radical (unpaired) electrons. The number of morpholine rings is 1. The molecule has 9 nitrogen and oxygen atoms in total. The molecule has 1 atom stereocenters. The zero-order valence-corrected chi connectivity index (χ0v) is 22.1. The Morgan fingerprint density at radius 3 is 2.64 bits per heavy atom. The molecule has 0 unspecified atom stereocenters. The van der Waals surface area contributed by atoms with Gasteiger partial charge in [0.1, 0.15) is 17.5 Å². The van der Waals surface area contributed by atoms with Gasteiger partial charge in [0, 0.05) is 17.9 Å². The molecule has 11 heteroatoms. The number of aromatic nitrogens is 2. The highest BCUT2D eigenvalue weighted by molar-refractivity contribution is 6.02. The van der Waals surface area contributed by atoms with Crippen molar-refractivity contribution in [1.29, 1.82) is 0 Å². The smallest absolute Gasteiger partial charge is 0.410 e. The van der Waals surface area contributed by atoms with Crippen molar-refractivity contribution in [2.75, 3.05) is 25.0 Å². The average molecular weight is 543 g/mol. The van der Waals surface area contributed by atoms with Crippen LogP contribution in [-0.4, -0.2) is 59.0 Å². The molecule has 0 saturated carbocycles. The predicted molar refractivity (Wildman–Crippen MR) is 140 cm³/mol. The molecule has 0 spiro atoms. The van der Waals surface area contributed by atoms with Crippen molar-refractivity contribution in [1.82, 2.24) is 15.1 Å². The Morgan fingerprint density at radius 1 is 1.15 bits per heavy atom. The van der Waals surface area contributed by atoms with E-state index in [-0.39, 0.29) is 29.5 Å². The second kappa shape index (κ2) is 12.2. The summed E-state index contributed by atoms with van der Waals surface area (Å²) in [5.74, 6) is -0.267. The van der Waals surface area contributed by atoms with Crippen molar-refractivity contribution in [3.8, 4) is 5.75 Å². The number of alkyl halides is 2. The number of anilines is 1. The summed E-state index contributed by atoms with van der Waals surface area (Å²) in [7, 11) is 0. The topological polar surface area (TPSA) is 106 Å². The molecule has 2 heterocycles. The molecule has 1 saturated heterocycles. The Labute approximate surface area is 225 Å². The molecule has 0 bridgehead atoms. The van der Waals surface area contributed by atoms with Crippen LogP contribution in [0.3, 0.4) is 0 Å². The van der Waals surface area contributed by atoms with Gasteiger partial charge in [0.2, 0.25) is 0 Å². The maximum absolute atomic E-state index is 12.7. The van der Waals surface area contributed by atoms with Crippen LogP contribution in [0.1, 0.15) is 54.2 Å².